The van der Waals surface area contributed by atoms with Crippen LogP contribution in [0.3, 0.4) is 0 Å². The van der Waals surface area contributed by atoms with E-state index in [2.05, 4.69) is 14.9 Å². The van der Waals surface area contributed by atoms with Gasteiger partial charge in [0.2, 0.25) is 11.9 Å². The van der Waals surface area contributed by atoms with Gasteiger partial charge in [-0.2, -0.15) is 0 Å². The number of carbonyl (C=O) groups is 1. The van der Waals surface area contributed by atoms with Crippen LogP contribution in [0.1, 0.15) is 24.3 Å². The molecular formula is C17H22N4O2. The maximum Gasteiger partial charge on any atom is 0.225 e. The lowest BCUT2D eigenvalue weighted by atomic mass is 9.95. The Morgan fingerprint density at radius 2 is 2.17 bits per heavy atom. The van der Waals surface area contributed by atoms with Gasteiger partial charge >= 0.3 is 0 Å². The molecule has 0 unspecified atom stereocenters. The Bertz CT molecular complexity index is 648. The fraction of sp³-hybridized carbons (Fsp3) is 0.471. The van der Waals surface area contributed by atoms with Crippen molar-refractivity contribution in [2.75, 3.05) is 25.0 Å². The Labute approximate surface area is 136 Å². The molecule has 2 aromatic heterocycles. The van der Waals surface area contributed by atoms with E-state index in [1.807, 2.05) is 32.2 Å². The van der Waals surface area contributed by atoms with E-state index >= 15 is 0 Å². The topological polar surface area (TPSA) is 62.5 Å². The maximum atomic E-state index is 12.6. The average molecular weight is 314 g/mol. The molecule has 0 N–H and O–H groups in total. The number of rotatable bonds is 4. The molecule has 1 amide bonds. The van der Waals surface area contributed by atoms with Crippen molar-refractivity contribution in [3.63, 3.8) is 0 Å². The average Bonchev–Trinajstić information content (AvgIpc) is 3.07. The first-order valence-electron chi connectivity index (χ1n) is 7.95. The van der Waals surface area contributed by atoms with Gasteiger partial charge in [-0.1, -0.05) is 0 Å². The highest BCUT2D eigenvalue weighted by Crippen LogP contribution is 2.22. The summed E-state index contributed by atoms with van der Waals surface area (Å²) in [7, 11) is 1.83. The first-order valence-corrected chi connectivity index (χ1v) is 7.95. The normalized spacial score (nSPS) is 15.7. The quantitative estimate of drug-likeness (QED) is 0.866. The fourth-order valence-corrected chi connectivity index (χ4v) is 2.94. The largest absolute Gasteiger partial charge is 0.467 e. The smallest absolute Gasteiger partial charge is 0.225 e. The number of piperidine rings is 1. The van der Waals surface area contributed by atoms with Crippen molar-refractivity contribution in [2.24, 2.45) is 5.92 Å². The van der Waals surface area contributed by atoms with Gasteiger partial charge in [-0.25, -0.2) is 9.97 Å². The van der Waals surface area contributed by atoms with Crippen LogP contribution in [-0.2, 0) is 11.3 Å². The van der Waals surface area contributed by atoms with Gasteiger partial charge in [0.25, 0.3) is 0 Å². The number of hydrogen-bond donors (Lipinski definition) is 0. The van der Waals surface area contributed by atoms with E-state index in [4.69, 9.17) is 4.42 Å². The molecular weight excluding hydrogens is 292 g/mol. The number of nitrogens with zero attached hydrogens (tertiary/aromatic N) is 4. The number of amides is 1. The van der Waals surface area contributed by atoms with Crippen LogP contribution in [0.25, 0.3) is 0 Å². The SMILES string of the molecule is Cc1ccnc(N2CCC(C(=O)N(C)Cc3ccco3)CC2)n1. The summed E-state index contributed by atoms with van der Waals surface area (Å²) in [5, 5.41) is 0. The van der Waals surface area contributed by atoms with Crippen LogP contribution >= 0.6 is 0 Å². The summed E-state index contributed by atoms with van der Waals surface area (Å²) in [6, 6.07) is 5.62. The lowest BCUT2D eigenvalue weighted by molar-refractivity contribution is -0.135. The molecule has 3 rings (SSSR count). The molecule has 1 fully saturated rings. The molecule has 6 heteroatoms. The molecule has 0 aromatic carbocycles. The van der Waals surface area contributed by atoms with Crippen molar-refractivity contribution in [3.05, 3.63) is 42.1 Å². The summed E-state index contributed by atoms with van der Waals surface area (Å²) in [5.41, 5.74) is 0.964. The zero-order valence-corrected chi connectivity index (χ0v) is 13.6. The van der Waals surface area contributed by atoms with Crippen molar-refractivity contribution >= 4 is 11.9 Å². The van der Waals surface area contributed by atoms with Gasteiger partial charge in [-0.05, 0) is 38.0 Å². The van der Waals surface area contributed by atoms with Gasteiger partial charge < -0.3 is 14.2 Å². The molecule has 0 spiro atoms. The van der Waals surface area contributed by atoms with E-state index in [9.17, 15) is 4.79 Å². The molecule has 1 saturated heterocycles. The van der Waals surface area contributed by atoms with Gasteiger partial charge in [0, 0.05) is 37.9 Å². The number of aryl methyl sites for hydroxylation is 1. The summed E-state index contributed by atoms with van der Waals surface area (Å²) < 4.78 is 5.31. The molecule has 1 aliphatic rings. The predicted octanol–water partition coefficient (Wildman–Crippen LogP) is 2.25. The highest BCUT2D eigenvalue weighted by Gasteiger charge is 2.28. The fourth-order valence-electron chi connectivity index (χ4n) is 2.94. The first kappa shape index (κ1) is 15.5. The zero-order chi connectivity index (χ0) is 16.2. The van der Waals surface area contributed by atoms with Gasteiger partial charge in [0.15, 0.2) is 0 Å². The minimum atomic E-state index is 0.0658. The van der Waals surface area contributed by atoms with Gasteiger partial charge in [-0.15, -0.1) is 0 Å². The monoisotopic (exact) mass is 314 g/mol. The predicted molar refractivity (Wildman–Crippen MR) is 86.9 cm³/mol. The van der Waals surface area contributed by atoms with Crippen molar-refractivity contribution in [1.29, 1.82) is 0 Å². The molecule has 0 bridgehead atoms. The van der Waals surface area contributed by atoms with Crippen molar-refractivity contribution in [1.82, 2.24) is 14.9 Å². The van der Waals surface area contributed by atoms with Crippen LogP contribution in [0.2, 0.25) is 0 Å². The molecule has 0 aliphatic carbocycles. The van der Waals surface area contributed by atoms with E-state index in [1.165, 1.54) is 0 Å². The molecule has 2 aromatic rings. The molecule has 23 heavy (non-hydrogen) atoms. The van der Waals surface area contributed by atoms with Crippen LogP contribution in [0, 0.1) is 12.8 Å². The van der Waals surface area contributed by atoms with Crippen molar-refractivity contribution in [3.8, 4) is 0 Å². The second kappa shape index (κ2) is 6.81. The second-order valence-corrected chi connectivity index (χ2v) is 6.03. The maximum absolute atomic E-state index is 12.6. The third-order valence-corrected chi connectivity index (χ3v) is 4.26. The molecule has 0 radical (unpaired) electrons. The molecule has 6 nitrogen and oxygen atoms in total. The summed E-state index contributed by atoms with van der Waals surface area (Å²) in [5.74, 6) is 1.83. The zero-order valence-electron chi connectivity index (χ0n) is 13.6. The minimum absolute atomic E-state index is 0.0658. The van der Waals surface area contributed by atoms with Gasteiger partial charge in [-0.3, -0.25) is 4.79 Å². The summed E-state index contributed by atoms with van der Waals surface area (Å²) in [6.07, 6.45) is 5.08. The Morgan fingerprint density at radius 1 is 1.39 bits per heavy atom. The molecule has 3 heterocycles. The van der Waals surface area contributed by atoms with E-state index in [0.29, 0.717) is 6.54 Å². The Morgan fingerprint density at radius 3 is 2.83 bits per heavy atom. The van der Waals surface area contributed by atoms with Crippen LogP contribution in [0.5, 0.6) is 0 Å². The van der Waals surface area contributed by atoms with Crippen LogP contribution in [0.4, 0.5) is 5.95 Å². The highest BCUT2D eigenvalue weighted by molar-refractivity contribution is 5.78. The third-order valence-electron chi connectivity index (χ3n) is 4.26. The number of anilines is 1. The summed E-state index contributed by atoms with van der Waals surface area (Å²) >= 11 is 0. The summed E-state index contributed by atoms with van der Waals surface area (Å²) in [6.45, 7) is 4.11. The van der Waals surface area contributed by atoms with Gasteiger partial charge in [0.1, 0.15) is 5.76 Å². The molecule has 122 valence electrons. The van der Waals surface area contributed by atoms with E-state index in [1.54, 1.807) is 17.4 Å². The molecule has 0 saturated carbocycles. The third kappa shape index (κ3) is 3.70. The van der Waals surface area contributed by atoms with Crippen LogP contribution < -0.4 is 4.90 Å². The van der Waals surface area contributed by atoms with Crippen molar-refractivity contribution < 1.29 is 9.21 Å². The highest BCUT2D eigenvalue weighted by atomic mass is 16.3. The van der Waals surface area contributed by atoms with Crippen LogP contribution in [-0.4, -0.2) is 40.9 Å². The molecule has 1 aliphatic heterocycles. The Balaban J connectivity index is 1.55. The number of hydrogen-bond acceptors (Lipinski definition) is 5. The van der Waals surface area contributed by atoms with Gasteiger partial charge in [0.05, 0.1) is 12.8 Å². The van der Waals surface area contributed by atoms with Crippen LogP contribution in [0.15, 0.2) is 35.1 Å². The standard InChI is InChI=1S/C17H22N4O2/c1-13-5-8-18-17(19-13)21-9-6-14(7-10-21)16(22)20(2)12-15-4-3-11-23-15/h3-5,8,11,14H,6-7,9-10,12H2,1-2H3. The van der Waals surface area contributed by atoms with E-state index in [0.717, 1.165) is 43.3 Å². The van der Waals surface area contributed by atoms with Crippen molar-refractivity contribution in [2.45, 2.75) is 26.3 Å². The second-order valence-electron chi connectivity index (χ2n) is 6.03. The lowest BCUT2D eigenvalue weighted by Crippen LogP contribution is -2.41. The molecule has 0 atom stereocenters. The van der Waals surface area contributed by atoms with E-state index in [-0.39, 0.29) is 11.8 Å². The Hall–Kier alpha value is -2.37. The van der Waals surface area contributed by atoms with E-state index < -0.39 is 0 Å². The first-order chi connectivity index (χ1) is 11.1. The number of carbonyl (C=O) groups excluding carboxylic acids is 1. The number of aromatic nitrogens is 2. The number of furan rings is 1. The minimum Gasteiger partial charge on any atom is -0.467 e. The Kier molecular flexibility index (Phi) is 4.60. The summed E-state index contributed by atoms with van der Waals surface area (Å²) in [4.78, 5) is 25.2. The lowest BCUT2D eigenvalue weighted by Gasteiger charge is -2.33.